The third kappa shape index (κ3) is 1.40. The van der Waals surface area contributed by atoms with Gasteiger partial charge in [0.2, 0.25) is 10.8 Å². The Kier molecular flexibility index (Phi) is 2.59. The highest BCUT2D eigenvalue weighted by Gasteiger charge is 2.13. The Labute approximate surface area is 69.5 Å². The molecule has 1 aromatic rings. The molecule has 1 rings (SSSR count). The second-order valence-electron chi connectivity index (χ2n) is 1.76. The molecule has 0 N–H and O–H groups in total. The van der Waals surface area contributed by atoms with Crippen molar-refractivity contribution in [2.24, 2.45) is 0 Å². The highest BCUT2D eigenvalue weighted by molar-refractivity contribution is 7.12. The molecule has 0 atom stereocenters. The van der Waals surface area contributed by atoms with E-state index in [1.807, 2.05) is 0 Å². The second-order valence-corrected chi connectivity index (χ2v) is 2.54. The summed E-state index contributed by atoms with van der Waals surface area (Å²) in [5.41, 5.74) is 0. The number of rotatable bonds is 3. The summed E-state index contributed by atoms with van der Waals surface area (Å²) >= 11 is 1.33. The lowest BCUT2D eigenvalue weighted by atomic mass is 10.5. The fourth-order valence-corrected chi connectivity index (χ4v) is 1.44. The lowest BCUT2D eigenvalue weighted by Gasteiger charge is -2.02. The van der Waals surface area contributed by atoms with Gasteiger partial charge in [-0.25, -0.2) is 0 Å². The van der Waals surface area contributed by atoms with Crippen molar-refractivity contribution in [3.63, 3.8) is 0 Å². The molecule has 0 fully saturated rings. The molecule has 61 valence electrons. The number of ether oxygens (including phenoxy) is 3. The van der Waals surface area contributed by atoms with Crippen molar-refractivity contribution >= 4 is 11.3 Å². The van der Waals surface area contributed by atoms with Crippen LogP contribution in [-0.4, -0.2) is 21.3 Å². The Morgan fingerprint density at radius 3 is 2.27 bits per heavy atom. The molecule has 0 aliphatic rings. The molecule has 3 nitrogen and oxygen atoms in total. The molecule has 0 aliphatic heterocycles. The molecular weight excluding hydrogens is 164 g/mol. The quantitative estimate of drug-likeness (QED) is 0.694. The average Bonchev–Trinajstić information content (AvgIpc) is 2.45. The smallest absolute Gasteiger partial charge is 0.221 e. The van der Waals surface area contributed by atoms with Crippen molar-refractivity contribution in [3.8, 4) is 16.6 Å². The van der Waals surface area contributed by atoms with Crippen molar-refractivity contribution in [1.82, 2.24) is 0 Å². The van der Waals surface area contributed by atoms with Crippen LogP contribution in [0.25, 0.3) is 0 Å². The number of hydrogen-bond donors (Lipinski definition) is 0. The van der Waals surface area contributed by atoms with Gasteiger partial charge in [-0.2, -0.15) is 0 Å². The summed E-state index contributed by atoms with van der Waals surface area (Å²) in [6.07, 6.45) is 0. The molecule has 0 unspecified atom stereocenters. The van der Waals surface area contributed by atoms with E-state index in [4.69, 9.17) is 14.2 Å². The number of hydrogen-bond acceptors (Lipinski definition) is 4. The molecule has 0 spiro atoms. The zero-order chi connectivity index (χ0) is 8.27. The molecule has 1 aromatic heterocycles. The van der Waals surface area contributed by atoms with Crippen LogP contribution in [0, 0.1) is 5.38 Å². The SMILES string of the molecule is COc1[c]sc(OC)c1OC. The van der Waals surface area contributed by atoms with E-state index in [0.29, 0.717) is 16.6 Å². The fraction of sp³-hybridized carbons (Fsp3) is 0.429. The van der Waals surface area contributed by atoms with E-state index in [2.05, 4.69) is 5.38 Å². The Balaban J connectivity index is 2.99. The first kappa shape index (κ1) is 8.20. The summed E-state index contributed by atoms with van der Waals surface area (Å²) in [5.74, 6) is 1.20. The first-order valence-corrected chi connectivity index (χ1v) is 3.81. The molecule has 0 bridgehead atoms. The van der Waals surface area contributed by atoms with Crippen LogP contribution >= 0.6 is 11.3 Å². The summed E-state index contributed by atoms with van der Waals surface area (Å²) in [6, 6.07) is 0. The van der Waals surface area contributed by atoms with Gasteiger partial charge >= 0.3 is 0 Å². The largest absolute Gasteiger partial charge is 0.491 e. The predicted octanol–water partition coefficient (Wildman–Crippen LogP) is 1.57. The lowest BCUT2D eigenvalue weighted by molar-refractivity contribution is 0.333. The zero-order valence-corrected chi connectivity index (χ0v) is 7.45. The molecule has 0 saturated carbocycles. The lowest BCUT2D eigenvalue weighted by Crippen LogP contribution is -1.88. The van der Waals surface area contributed by atoms with Crippen LogP contribution in [0.4, 0.5) is 0 Å². The van der Waals surface area contributed by atoms with Crippen molar-refractivity contribution in [2.45, 2.75) is 0 Å². The van der Waals surface area contributed by atoms with Crippen molar-refractivity contribution in [3.05, 3.63) is 5.38 Å². The summed E-state index contributed by atoms with van der Waals surface area (Å²) in [4.78, 5) is 0. The van der Waals surface area contributed by atoms with Gasteiger partial charge in [0, 0.05) is 0 Å². The average molecular weight is 173 g/mol. The van der Waals surface area contributed by atoms with Gasteiger partial charge < -0.3 is 14.2 Å². The minimum absolute atomic E-state index is 0.592. The Bertz CT molecular complexity index is 210. The van der Waals surface area contributed by atoms with E-state index in [0.717, 1.165) is 0 Å². The van der Waals surface area contributed by atoms with Gasteiger partial charge in [-0.05, 0) is 0 Å². The van der Waals surface area contributed by atoms with Gasteiger partial charge in [-0.1, -0.05) is 11.3 Å². The van der Waals surface area contributed by atoms with Gasteiger partial charge in [0.05, 0.1) is 26.7 Å². The van der Waals surface area contributed by atoms with Crippen LogP contribution in [0.3, 0.4) is 0 Å². The summed E-state index contributed by atoms with van der Waals surface area (Å²) < 4.78 is 15.0. The molecule has 1 heterocycles. The maximum atomic E-state index is 5.03. The Morgan fingerprint density at radius 2 is 1.82 bits per heavy atom. The number of methoxy groups -OCH3 is 3. The molecule has 0 aliphatic carbocycles. The standard InChI is InChI=1S/C7H9O3S/c1-8-5-4-11-7(10-3)6(5)9-2/h1-3H3. The summed E-state index contributed by atoms with van der Waals surface area (Å²) in [5, 5.41) is 3.58. The van der Waals surface area contributed by atoms with Gasteiger partial charge in [0.15, 0.2) is 5.75 Å². The third-order valence-electron chi connectivity index (χ3n) is 1.22. The molecule has 0 amide bonds. The van der Waals surface area contributed by atoms with Crippen molar-refractivity contribution < 1.29 is 14.2 Å². The van der Waals surface area contributed by atoms with E-state index in [-0.39, 0.29) is 0 Å². The molecule has 11 heavy (non-hydrogen) atoms. The Morgan fingerprint density at radius 1 is 1.09 bits per heavy atom. The molecule has 4 heteroatoms. The highest BCUT2D eigenvalue weighted by Crippen LogP contribution is 2.42. The van der Waals surface area contributed by atoms with E-state index in [1.54, 1.807) is 21.3 Å². The second kappa shape index (κ2) is 3.48. The molecule has 0 aromatic carbocycles. The summed E-state index contributed by atoms with van der Waals surface area (Å²) in [7, 11) is 4.73. The first-order chi connectivity index (χ1) is 5.33. The third-order valence-corrected chi connectivity index (χ3v) is 2.05. The minimum atomic E-state index is 0.592. The normalized spacial score (nSPS) is 9.36. The topological polar surface area (TPSA) is 27.7 Å². The Hall–Kier alpha value is -0.900. The van der Waals surface area contributed by atoms with Gasteiger partial charge in [-0.15, -0.1) is 0 Å². The van der Waals surface area contributed by atoms with Crippen LogP contribution in [0.5, 0.6) is 16.6 Å². The van der Waals surface area contributed by atoms with Crippen LogP contribution in [0.2, 0.25) is 0 Å². The van der Waals surface area contributed by atoms with E-state index in [9.17, 15) is 0 Å². The van der Waals surface area contributed by atoms with Crippen molar-refractivity contribution in [1.29, 1.82) is 0 Å². The predicted molar refractivity (Wildman–Crippen MR) is 42.8 cm³/mol. The van der Waals surface area contributed by atoms with E-state index < -0.39 is 0 Å². The maximum Gasteiger partial charge on any atom is 0.221 e. The van der Waals surface area contributed by atoms with Crippen LogP contribution in [0.15, 0.2) is 0 Å². The van der Waals surface area contributed by atoms with Crippen molar-refractivity contribution in [2.75, 3.05) is 21.3 Å². The fourth-order valence-electron chi connectivity index (χ4n) is 0.723. The first-order valence-electron chi connectivity index (χ1n) is 3.00. The molecule has 0 saturated heterocycles. The number of thiophene rings is 1. The zero-order valence-electron chi connectivity index (χ0n) is 6.63. The molecule has 1 radical (unpaired) electrons. The van der Waals surface area contributed by atoms with Crippen LogP contribution < -0.4 is 14.2 Å². The highest BCUT2D eigenvalue weighted by atomic mass is 32.1. The van der Waals surface area contributed by atoms with Crippen LogP contribution in [-0.2, 0) is 0 Å². The molecular formula is C7H9O3S. The maximum absolute atomic E-state index is 5.03. The van der Waals surface area contributed by atoms with Crippen LogP contribution in [0.1, 0.15) is 0 Å². The van der Waals surface area contributed by atoms with E-state index >= 15 is 0 Å². The van der Waals surface area contributed by atoms with Gasteiger partial charge in [0.25, 0.3) is 0 Å². The van der Waals surface area contributed by atoms with Gasteiger partial charge in [-0.3, -0.25) is 0 Å². The monoisotopic (exact) mass is 173 g/mol. The summed E-state index contributed by atoms with van der Waals surface area (Å²) in [6.45, 7) is 0. The minimum Gasteiger partial charge on any atom is -0.491 e. The van der Waals surface area contributed by atoms with E-state index in [1.165, 1.54) is 11.3 Å². The van der Waals surface area contributed by atoms with Gasteiger partial charge in [0.1, 0.15) is 0 Å².